The van der Waals surface area contributed by atoms with Gasteiger partial charge in [-0.05, 0) is 37.6 Å². The fraction of sp³-hybridized carbons (Fsp3) is 0.429. The third kappa shape index (κ3) is 3.36. The zero-order chi connectivity index (χ0) is 13.1. The fourth-order valence-electron chi connectivity index (χ4n) is 1.89. The zero-order valence-corrected chi connectivity index (χ0v) is 11.7. The van der Waals surface area contributed by atoms with Crippen LogP contribution in [0.4, 0.5) is 0 Å². The summed E-state index contributed by atoms with van der Waals surface area (Å²) >= 11 is 1.73. The molecule has 1 aliphatic carbocycles. The van der Waals surface area contributed by atoms with Gasteiger partial charge in [-0.2, -0.15) is 4.98 Å². The molecule has 0 aliphatic heterocycles. The molecule has 0 atom stereocenters. The van der Waals surface area contributed by atoms with E-state index in [1.165, 1.54) is 23.3 Å². The first-order valence-electron chi connectivity index (χ1n) is 6.54. The van der Waals surface area contributed by atoms with Crippen LogP contribution in [0, 0.1) is 0 Å². The van der Waals surface area contributed by atoms with Crippen molar-refractivity contribution < 1.29 is 4.52 Å². The van der Waals surface area contributed by atoms with Crippen LogP contribution in [0.2, 0.25) is 0 Å². The van der Waals surface area contributed by atoms with Crippen molar-refractivity contribution in [3.63, 3.8) is 0 Å². The van der Waals surface area contributed by atoms with Gasteiger partial charge in [0.15, 0.2) is 5.82 Å². The molecule has 4 nitrogen and oxygen atoms in total. The molecule has 0 unspecified atom stereocenters. The lowest BCUT2D eigenvalue weighted by Crippen LogP contribution is -2.04. The Morgan fingerprint density at radius 3 is 2.79 bits per heavy atom. The molecule has 3 rings (SSSR count). The third-order valence-electron chi connectivity index (χ3n) is 3.09. The van der Waals surface area contributed by atoms with Crippen LogP contribution < -0.4 is 5.32 Å². The van der Waals surface area contributed by atoms with Gasteiger partial charge < -0.3 is 9.84 Å². The number of hydrogen-bond donors (Lipinski definition) is 1. The second-order valence-corrected chi connectivity index (χ2v) is 5.83. The van der Waals surface area contributed by atoms with E-state index >= 15 is 0 Å². The molecule has 1 aromatic carbocycles. The molecule has 5 heteroatoms. The first-order chi connectivity index (χ1) is 9.35. The van der Waals surface area contributed by atoms with Crippen LogP contribution in [0.5, 0.6) is 0 Å². The van der Waals surface area contributed by atoms with E-state index in [1.807, 2.05) is 7.05 Å². The number of thioether (sulfide) groups is 1. The lowest BCUT2D eigenvalue weighted by Gasteiger charge is -2.02. The van der Waals surface area contributed by atoms with Crippen LogP contribution in [0.1, 0.15) is 36.0 Å². The number of aromatic nitrogens is 2. The van der Waals surface area contributed by atoms with Crippen molar-refractivity contribution in [2.45, 2.75) is 36.0 Å². The SMILES string of the molecule is CNCc1ccc(SCc2nc(C3CC3)no2)cc1. The molecule has 100 valence electrons. The first-order valence-corrected chi connectivity index (χ1v) is 7.52. The molecule has 0 amide bonds. The molecule has 1 aliphatic rings. The van der Waals surface area contributed by atoms with Crippen molar-refractivity contribution >= 4 is 11.8 Å². The summed E-state index contributed by atoms with van der Waals surface area (Å²) < 4.78 is 5.26. The van der Waals surface area contributed by atoms with E-state index in [2.05, 4.69) is 39.7 Å². The summed E-state index contributed by atoms with van der Waals surface area (Å²) in [6.07, 6.45) is 2.41. The Morgan fingerprint density at radius 1 is 1.32 bits per heavy atom. The minimum atomic E-state index is 0.559. The van der Waals surface area contributed by atoms with Gasteiger partial charge in [0.25, 0.3) is 0 Å². The maximum Gasteiger partial charge on any atom is 0.237 e. The molecule has 0 radical (unpaired) electrons. The Hall–Kier alpha value is -1.33. The van der Waals surface area contributed by atoms with Gasteiger partial charge in [-0.3, -0.25) is 0 Å². The zero-order valence-electron chi connectivity index (χ0n) is 10.9. The monoisotopic (exact) mass is 275 g/mol. The molecule has 0 saturated heterocycles. The van der Waals surface area contributed by atoms with Crippen molar-refractivity contribution in [1.29, 1.82) is 0 Å². The van der Waals surface area contributed by atoms with Gasteiger partial charge in [-0.15, -0.1) is 11.8 Å². The molecular weight excluding hydrogens is 258 g/mol. The number of nitrogens with one attached hydrogen (secondary N) is 1. The molecule has 1 aromatic heterocycles. The van der Waals surface area contributed by atoms with Gasteiger partial charge in [-0.25, -0.2) is 0 Å². The molecule has 19 heavy (non-hydrogen) atoms. The van der Waals surface area contributed by atoms with Crippen LogP contribution in [-0.2, 0) is 12.3 Å². The quantitative estimate of drug-likeness (QED) is 0.821. The van der Waals surface area contributed by atoms with E-state index < -0.39 is 0 Å². The standard InChI is InChI=1S/C14H17N3OS/c1-15-8-10-2-6-12(7-3-10)19-9-13-16-14(17-18-13)11-4-5-11/h2-3,6-7,11,15H,4-5,8-9H2,1H3. The van der Waals surface area contributed by atoms with E-state index in [0.29, 0.717) is 5.92 Å². The average Bonchev–Trinajstić information content (AvgIpc) is 3.18. The molecule has 2 aromatic rings. The highest BCUT2D eigenvalue weighted by Gasteiger charge is 2.28. The van der Waals surface area contributed by atoms with Gasteiger partial charge in [0.05, 0.1) is 5.75 Å². The summed E-state index contributed by atoms with van der Waals surface area (Å²) in [4.78, 5) is 5.65. The molecule has 1 saturated carbocycles. The van der Waals surface area contributed by atoms with E-state index in [9.17, 15) is 0 Å². The number of rotatable bonds is 6. The smallest absolute Gasteiger partial charge is 0.237 e. The maximum absolute atomic E-state index is 5.26. The molecule has 0 spiro atoms. The van der Waals surface area contributed by atoms with E-state index in [0.717, 1.165) is 24.0 Å². The van der Waals surface area contributed by atoms with Gasteiger partial charge in [0.2, 0.25) is 5.89 Å². The van der Waals surface area contributed by atoms with Crippen molar-refractivity contribution in [2.24, 2.45) is 0 Å². The molecule has 0 bridgehead atoms. The van der Waals surface area contributed by atoms with Crippen LogP contribution >= 0.6 is 11.8 Å². The first kappa shape index (κ1) is 12.7. The highest BCUT2D eigenvalue weighted by molar-refractivity contribution is 7.98. The summed E-state index contributed by atoms with van der Waals surface area (Å²) in [5.41, 5.74) is 1.29. The predicted molar refractivity (Wildman–Crippen MR) is 75.0 cm³/mol. The van der Waals surface area contributed by atoms with Crippen molar-refractivity contribution in [3.8, 4) is 0 Å². The number of benzene rings is 1. The summed E-state index contributed by atoms with van der Waals surface area (Å²) in [5.74, 6) is 2.92. The van der Waals surface area contributed by atoms with Gasteiger partial charge in [-0.1, -0.05) is 17.3 Å². The topological polar surface area (TPSA) is 51.0 Å². The molecule has 1 heterocycles. The van der Waals surface area contributed by atoms with Gasteiger partial charge in [0.1, 0.15) is 0 Å². The molecular formula is C14H17N3OS. The highest BCUT2D eigenvalue weighted by atomic mass is 32.2. The highest BCUT2D eigenvalue weighted by Crippen LogP contribution is 2.38. The average molecular weight is 275 g/mol. The summed E-state index contributed by atoms with van der Waals surface area (Å²) in [6.45, 7) is 0.902. The normalized spacial score (nSPS) is 14.8. The Bertz CT molecular complexity index is 534. The summed E-state index contributed by atoms with van der Waals surface area (Å²) in [6, 6.07) is 8.55. The predicted octanol–water partition coefficient (Wildman–Crippen LogP) is 2.96. The number of nitrogens with zero attached hydrogens (tertiary/aromatic N) is 2. The van der Waals surface area contributed by atoms with Crippen molar-refractivity contribution in [3.05, 3.63) is 41.5 Å². The Labute approximate surface area is 117 Å². The van der Waals surface area contributed by atoms with E-state index in [4.69, 9.17) is 4.52 Å². The van der Waals surface area contributed by atoms with E-state index in [-0.39, 0.29) is 0 Å². The molecule has 1 fully saturated rings. The van der Waals surface area contributed by atoms with Crippen LogP contribution in [0.25, 0.3) is 0 Å². The third-order valence-corrected chi connectivity index (χ3v) is 4.09. The summed E-state index contributed by atoms with van der Waals surface area (Å²) in [7, 11) is 1.95. The second-order valence-electron chi connectivity index (χ2n) is 4.78. The van der Waals surface area contributed by atoms with E-state index in [1.54, 1.807) is 11.8 Å². The lowest BCUT2D eigenvalue weighted by atomic mass is 10.2. The minimum Gasteiger partial charge on any atom is -0.338 e. The Kier molecular flexibility index (Phi) is 3.84. The summed E-state index contributed by atoms with van der Waals surface area (Å²) in [5, 5.41) is 7.16. The van der Waals surface area contributed by atoms with Crippen molar-refractivity contribution in [1.82, 2.24) is 15.5 Å². The maximum atomic E-state index is 5.26. The number of hydrogen-bond acceptors (Lipinski definition) is 5. The fourth-order valence-corrected chi connectivity index (χ4v) is 2.62. The minimum absolute atomic E-state index is 0.559. The van der Waals surface area contributed by atoms with Crippen molar-refractivity contribution in [2.75, 3.05) is 7.05 Å². The van der Waals surface area contributed by atoms with Gasteiger partial charge >= 0.3 is 0 Å². The molecule has 1 N–H and O–H groups in total. The van der Waals surface area contributed by atoms with Crippen LogP contribution in [0.15, 0.2) is 33.7 Å². The van der Waals surface area contributed by atoms with Gasteiger partial charge in [0, 0.05) is 17.4 Å². The van der Waals surface area contributed by atoms with Crippen LogP contribution in [0.3, 0.4) is 0 Å². The lowest BCUT2D eigenvalue weighted by molar-refractivity contribution is 0.385. The largest absolute Gasteiger partial charge is 0.338 e. The van der Waals surface area contributed by atoms with Crippen LogP contribution in [-0.4, -0.2) is 17.2 Å². The Balaban J connectivity index is 1.55. The second kappa shape index (κ2) is 5.75. The Morgan fingerprint density at radius 2 is 2.11 bits per heavy atom.